The number of piperidine rings is 1. The Kier molecular flexibility index (Phi) is 9.00. The first-order valence-corrected chi connectivity index (χ1v) is 18.2. The summed E-state index contributed by atoms with van der Waals surface area (Å²) in [5, 5.41) is 3.55. The molecule has 3 aliphatic rings. The van der Waals surface area contributed by atoms with Gasteiger partial charge in [-0.05, 0) is 79.2 Å². The first kappa shape index (κ1) is 29.2. The van der Waals surface area contributed by atoms with Gasteiger partial charge in [0.05, 0.1) is 18.3 Å². The minimum atomic E-state index is -2.01. The maximum atomic E-state index is 13.5. The van der Waals surface area contributed by atoms with E-state index >= 15 is 0 Å². The highest BCUT2D eigenvalue weighted by molar-refractivity contribution is 6.74. The van der Waals surface area contributed by atoms with Crippen molar-refractivity contribution in [1.29, 1.82) is 0 Å². The zero-order chi connectivity index (χ0) is 28.3. The van der Waals surface area contributed by atoms with Gasteiger partial charge in [-0.2, -0.15) is 0 Å². The molecule has 1 N–H and O–H groups in total. The third-order valence-corrected chi connectivity index (χ3v) is 14.1. The normalized spacial score (nSPS) is 20.2. The molecule has 3 aliphatic heterocycles. The molecule has 218 valence electrons. The fraction of sp³-hybridized carbons (Fsp3) is 0.625. The smallest absolute Gasteiger partial charge is 0.320 e. The van der Waals surface area contributed by atoms with Crippen LogP contribution in [0.25, 0.3) is 0 Å². The summed E-state index contributed by atoms with van der Waals surface area (Å²) in [6, 6.07) is 13.2. The van der Waals surface area contributed by atoms with E-state index in [1.54, 1.807) is 0 Å². The highest BCUT2D eigenvalue weighted by Crippen LogP contribution is 2.38. The zero-order valence-electron chi connectivity index (χ0n) is 25.3. The van der Waals surface area contributed by atoms with Crippen LogP contribution in [0.3, 0.4) is 0 Å². The molecule has 2 saturated heterocycles. The summed E-state index contributed by atoms with van der Waals surface area (Å²) >= 11 is 0. The van der Waals surface area contributed by atoms with Crippen LogP contribution in [-0.4, -0.2) is 85.9 Å². The van der Waals surface area contributed by atoms with E-state index in [1.165, 1.54) is 29.5 Å². The lowest BCUT2D eigenvalue weighted by Crippen LogP contribution is -2.51. The number of urea groups is 1. The van der Waals surface area contributed by atoms with Crippen LogP contribution in [0.4, 0.5) is 4.79 Å². The highest BCUT2D eigenvalue weighted by atomic mass is 28.4. The number of rotatable bonds is 9. The van der Waals surface area contributed by atoms with Crippen LogP contribution in [0.15, 0.2) is 42.6 Å². The number of carbonyl (C=O) groups excluding carboxylic acids is 1. The second kappa shape index (κ2) is 12.3. The van der Waals surface area contributed by atoms with E-state index in [-0.39, 0.29) is 17.2 Å². The summed E-state index contributed by atoms with van der Waals surface area (Å²) < 4.78 is 7.00. The van der Waals surface area contributed by atoms with Gasteiger partial charge in [-0.1, -0.05) is 51.1 Å². The van der Waals surface area contributed by atoms with Crippen LogP contribution in [0, 0.1) is 0 Å². The molecule has 1 atom stereocenters. The van der Waals surface area contributed by atoms with Gasteiger partial charge in [-0.15, -0.1) is 0 Å². The summed E-state index contributed by atoms with van der Waals surface area (Å²) in [6.45, 7) is 19.2. The molecule has 2 fully saturated rings. The van der Waals surface area contributed by atoms with Crippen LogP contribution < -0.4 is 5.32 Å². The number of aromatic nitrogens is 1. The van der Waals surface area contributed by atoms with Crippen molar-refractivity contribution in [3.05, 3.63) is 65.0 Å². The maximum Gasteiger partial charge on any atom is 0.320 e. The molecule has 4 heterocycles. The van der Waals surface area contributed by atoms with Crippen LogP contribution in [-0.2, 0) is 23.9 Å². The molecule has 40 heavy (non-hydrogen) atoms. The van der Waals surface area contributed by atoms with Gasteiger partial charge < -0.3 is 19.5 Å². The molecule has 8 heteroatoms. The van der Waals surface area contributed by atoms with Gasteiger partial charge in [0.2, 0.25) is 0 Å². The Bertz CT molecular complexity index is 1140. The molecule has 2 aromatic rings. The molecule has 0 radical (unpaired) electrons. The second-order valence-corrected chi connectivity index (χ2v) is 18.3. The number of benzene rings is 1. The number of nitrogens with one attached hydrogen (secondary N) is 1. The molecule has 2 amide bonds. The number of amides is 2. The fourth-order valence-electron chi connectivity index (χ4n) is 6.04. The topological polar surface area (TPSA) is 60.9 Å². The Morgan fingerprint density at radius 3 is 2.42 bits per heavy atom. The lowest BCUT2D eigenvalue weighted by Gasteiger charge is -2.42. The average Bonchev–Trinajstić information content (AvgIpc) is 3.27. The number of hydrogen-bond acceptors (Lipinski definition) is 5. The minimum absolute atomic E-state index is 0.00237. The van der Waals surface area contributed by atoms with Gasteiger partial charge in [0, 0.05) is 45.5 Å². The predicted octanol–water partition coefficient (Wildman–Crippen LogP) is 5.23. The van der Waals surface area contributed by atoms with E-state index < -0.39 is 8.32 Å². The van der Waals surface area contributed by atoms with Crippen LogP contribution >= 0.6 is 0 Å². The van der Waals surface area contributed by atoms with E-state index in [0.29, 0.717) is 19.0 Å². The highest BCUT2D eigenvalue weighted by Gasteiger charge is 2.41. The molecule has 5 rings (SSSR count). The predicted molar refractivity (Wildman–Crippen MR) is 164 cm³/mol. The molecule has 1 aromatic carbocycles. The van der Waals surface area contributed by atoms with Crippen molar-refractivity contribution in [3.63, 3.8) is 0 Å². The molecular formula is C32H49N5O2Si. The van der Waals surface area contributed by atoms with Gasteiger partial charge in [-0.25, -0.2) is 4.79 Å². The summed E-state index contributed by atoms with van der Waals surface area (Å²) in [5.41, 5.74) is 5.17. The molecule has 0 saturated carbocycles. The molecule has 0 aliphatic carbocycles. The molecular weight excluding hydrogens is 514 g/mol. The summed E-state index contributed by atoms with van der Waals surface area (Å²) in [4.78, 5) is 24.8. The van der Waals surface area contributed by atoms with Crippen LogP contribution in [0.5, 0.6) is 0 Å². The van der Waals surface area contributed by atoms with E-state index in [1.807, 2.05) is 16.0 Å². The van der Waals surface area contributed by atoms with Crippen molar-refractivity contribution in [1.82, 2.24) is 25.0 Å². The molecule has 1 aromatic heterocycles. The largest absolute Gasteiger partial charge is 0.411 e. The molecule has 0 spiro atoms. The summed E-state index contributed by atoms with van der Waals surface area (Å²) in [7, 11) is -2.01. The number of fused-ring (bicyclic) bond motifs is 1. The Morgan fingerprint density at radius 2 is 1.73 bits per heavy atom. The van der Waals surface area contributed by atoms with E-state index in [4.69, 9.17) is 9.41 Å². The van der Waals surface area contributed by atoms with Gasteiger partial charge in [0.25, 0.3) is 0 Å². The van der Waals surface area contributed by atoms with Crippen molar-refractivity contribution >= 4 is 14.3 Å². The molecule has 0 bridgehead atoms. The number of hydrogen-bond donors (Lipinski definition) is 1. The monoisotopic (exact) mass is 563 g/mol. The van der Waals surface area contributed by atoms with Gasteiger partial charge in [0.15, 0.2) is 8.32 Å². The first-order chi connectivity index (χ1) is 19.1. The Morgan fingerprint density at radius 1 is 1.00 bits per heavy atom. The number of pyridine rings is 1. The second-order valence-electron chi connectivity index (χ2n) is 13.5. The Labute approximate surface area is 242 Å². The van der Waals surface area contributed by atoms with Crippen molar-refractivity contribution < 1.29 is 9.22 Å². The Hall–Kier alpha value is -2.26. The minimum Gasteiger partial charge on any atom is -0.411 e. The van der Waals surface area contributed by atoms with Gasteiger partial charge in [0.1, 0.15) is 0 Å². The van der Waals surface area contributed by atoms with Crippen LogP contribution in [0.1, 0.15) is 61.9 Å². The molecule has 0 unspecified atom stereocenters. The zero-order valence-corrected chi connectivity index (χ0v) is 26.3. The third-order valence-electron chi connectivity index (χ3n) is 9.55. The summed E-state index contributed by atoms with van der Waals surface area (Å²) in [5.74, 6) is 0.595. The van der Waals surface area contributed by atoms with Gasteiger partial charge in [-0.3, -0.25) is 9.88 Å². The van der Waals surface area contributed by atoms with E-state index in [9.17, 15) is 4.79 Å². The summed E-state index contributed by atoms with van der Waals surface area (Å²) in [6.07, 6.45) is 5.44. The number of carbonyl (C=O) groups is 1. The lowest BCUT2D eigenvalue weighted by molar-refractivity contribution is 0.0878. The lowest BCUT2D eigenvalue weighted by atomic mass is 9.91. The van der Waals surface area contributed by atoms with Gasteiger partial charge >= 0.3 is 6.03 Å². The van der Waals surface area contributed by atoms with E-state index in [2.05, 4.69) is 80.5 Å². The van der Waals surface area contributed by atoms with Crippen molar-refractivity contribution in [2.45, 2.75) is 83.3 Å². The van der Waals surface area contributed by atoms with Crippen molar-refractivity contribution in [2.75, 3.05) is 45.8 Å². The maximum absolute atomic E-state index is 13.5. The van der Waals surface area contributed by atoms with Crippen LogP contribution in [0.2, 0.25) is 18.1 Å². The van der Waals surface area contributed by atoms with E-state index in [0.717, 1.165) is 57.9 Å². The quantitative estimate of drug-likeness (QED) is 0.423. The Balaban J connectivity index is 1.22. The standard InChI is InChI=1S/C32H49N5O2Si/c1-32(2,3)40(4,5)39-30(23-35-17-14-25-8-6-7-9-28(25)21-35)24-37-19-18-36(31(37)38)22-29-11-10-27(20-34-29)26-12-15-33-16-13-26/h6-11,20,26,30,33H,12-19,21-24H2,1-5H3/t30-/m1/s1. The average molecular weight is 564 g/mol. The number of nitrogens with zero attached hydrogens (tertiary/aromatic N) is 4. The fourth-order valence-corrected chi connectivity index (χ4v) is 7.38. The van der Waals surface area contributed by atoms with Crippen molar-refractivity contribution in [3.8, 4) is 0 Å². The SMILES string of the molecule is CC(C)(C)[Si](C)(C)O[C@H](CN1CCc2ccccc2C1)CN1CCN(Cc2ccc(C3CCNCC3)cn2)C1=O. The van der Waals surface area contributed by atoms with Crippen molar-refractivity contribution in [2.24, 2.45) is 0 Å². The first-order valence-electron chi connectivity index (χ1n) is 15.3. The molecule has 7 nitrogen and oxygen atoms in total. The third kappa shape index (κ3) is 6.96.